The third-order valence-corrected chi connectivity index (χ3v) is 6.77. The van der Waals surface area contributed by atoms with Crippen molar-refractivity contribution >= 4 is 21.8 Å². The number of hydrogen-bond acceptors (Lipinski definition) is 5. The molecule has 1 aromatic heterocycles. The molecule has 0 bridgehead atoms. The average Bonchev–Trinajstić information content (AvgIpc) is 3.16. The highest BCUT2D eigenvalue weighted by atomic mass is 32.2. The maximum atomic E-state index is 12.8. The molecule has 0 amide bonds. The maximum Gasteiger partial charge on any atom is 0.260 e. The van der Waals surface area contributed by atoms with Gasteiger partial charge in [-0.2, -0.15) is 16.1 Å². The Morgan fingerprint density at radius 2 is 2.40 bits per heavy atom. The summed E-state index contributed by atoms with van der Waals surface area (Å²) < 4.78 is 32.8. The highest BCUT2D eigenvalue weighted by molar-refractivity contribution is 7.99. The van der Waals surface area contributed by atoms with Crippen molar-refractivity contribution in [2.75, 3.05) is 24.7 Å². The third-order valence-electron chi connectivity index (χ3n) is 3.78. The summed E-state index contributed by atoms with van der Waals surface area (Å²) >= 11 is 1.81. The number of aromatic amines is 1. The molecule has 20 heavy (non-hydrogen) atoms. The fourth-order valence-electron chi connectivity index (χ4n) is 2.69. The van der Waals surface area contributed by atoms with E-state index in [1.165, 1.54) is 12.5 Å². The first-order chi connectivity index (χ1) is 9.68. The Bertz CT molecular complexity index is 520. The second-order valence-electron chi connectivity index (χ2n) is 5.14. The van der Waals surface area contributed by atoms with Gasteiger partial charge in [0.25, 0.3) is 10.0 Å². The summed E-state index contributed by atoms with van der Waals surface area (Å²) in [5.41, 5.74) is 0. The molecular weight excluding hydrogens is 298 g/mol. The fraction of sp³-hybridized carbons (Fsp3) is 0.750. The number of rotatable bonds is 5. The quantitative estimate of drug-likeness (QED) is 0.880. The molecule has 0 aliphatic carbocycles. The van der Waals surface area contributed by atoms with E-state index in [0.29, 0.717) is 6.54 Å². The van der Waals surface area contributed by atoms with Gasteiger partial charge in [-0.25, -0.2) is 13.4 Å². The summed E-state index contributed by atoms with van der Waals surface area (Å²) in [6.07, 6.45) is 5.67. The molecule has 1 aromatic rings. The van der Waals surface area contributed by atoms with Gasteiger partial charge in [-0.3, -0.25) is 0 Å². The van der Waals surface area contributed by atoms with Gasteiger partial charge < -0.3 is 9.72 Å². The van der Waals surface area contributed by atoms with E-state index >= 15 is 0 Å². The van der Waals surface area contributed by atoms with E-state index in [-0.39, 0.29) is 17.2 Å². The number of H-pyrrole nitrogens is 1. The van der Waals surface area contributed by atoms with Crippen LogP contribution in [0, 0.1) is 0 Å². The number of hydrogen-bond donors (Lipinski definition) is 1. The van der Waals surface area contributed by atoms with Crippen molar-refractivity contribution in [1.82, 2.24) is 14.3 Å². The number of sulfonamides is 1. The van der Waals surface area contributed by atoms with E-state index in [0.717, 1.165) is 37.4 Å². The molecule has 112 valence electrons. The normalized spacial score (nSPS) is 27.4. The number of thioether (sulfide) groups is 1. The third kappa shape index (κ3) is 2.88. The van der Waals surface area contributed by atoms with Gasteiger partial charge in [0.2, 0.25) is 0 Å². The minimum absolute atomic E-state index is 0.0262. The Balaban J connectivity index is 1.84. The van der Waals surface area contributed by atoms with E-state index in [4.69, 9.17) is 4.74 Å². The van der Waals surface area contributed by atoms with Gasteiger partial charge in [0.05, 0.1) is 18.6 Å². The van der Waals surface area contributed by atoms with Crippen molar-refractivity contribution in [3.05, 3.63) is 12.5 Å². The minimum Gasteiger partial charge on any atom is -0.377 e. The highest BCUT2D eigenvalue weighted by Crippen LogP contribution is 2.28. The summed E-state index contributed by atoms with van der Waals surface area (Å²) in [7, 11) is -3.51. The van der Waals surface area contributed by atoms with Crippen LogP contribution in [0.3, 0.4) is 0 Å². The van der Waals surface area contributed by atoms with Crippen LogP contribution in [0.15, 0.2) is 17.6 Å². The Hall–Kier alpha value is -0.570. The van der Waals surface area contributed by atoms with Gasteiger partial charge >= 0.3 is 0 Å². The minimum atomic E-state index is -3.51. The van der Waals surface area contributed by atoms with Crippen molar-refractivity contribution in [2.45, 2.75) is 36.4 Å². The van der Waals surface area contributed by atoms with Crippen molar-refractivity contribution in [2.24, 2.45) is 0 Å². The number of aromatic nitrogens is 2. The molecule has 2 aliphatic heterocycles. The van der Waals surface area contributed by atoms with Crippen LogP contribution in [0.25, 0.3) is 0 Å². The van der Waals surface area contributed by atoms with Crippen LogP contribution >= 0.6 is 11.8 Å². The number of ether oxygens (including phenoxy) is 1. The number of imidazole rings is 1. The number of nitrogens with one attached hydrogen (secondary N) is 1. The summed E-state index contributed by atoms with van der Waals surface area (Å²) in [5.74, 6) is 1.88. The van der Waals surface area contributed by atoms with Crippen LogP contribution < -0.4 is 0 Å². The van der Waals surface area contributed by atoms with Crippen molar-refractivity contribution in [3.63, 3.8) is 0 Å². The molecule has 3 heterocycles. The average molecular weight is 317 g/mol. The molecule has 2 saturated heterocycles. The molecule has 0 radical (unpaired) electrons. The molecule has 2 atom stereocenters. The Labute approximate surface area is 123 Å². The maximum absolute atomic E-state index is 12.8. The van der Waals surface area contributed by atoms with Crippen LogP contribution in [-0.4, -0.2) is 59.5 Å². The Morgan fingerprint density at radius 1 is 1.50 bits per heavy atom. The zero-order chi connectivity index (χ0) is 14.0. The second kappa shape index (κ2) is 6.05. The van der Waals surface area contributed by atoms with Gasteiger partial charge in [-0.15, -0.1) is 0 Å². The van der Waals surface area contributed by atoms with E-state index in [1.807, 2.05) is 11.8 Å². The number of nitrogens with zero attached hydrogens (tertiary/aromatic N) is 2. The summed E-state index contributed by atoms with van der Waals surface area (Å²) in [6, 6.07) is 0.0671. The monoisotopic (exact) mass is 317 g/mol. The topological polar surface area (TPSA) is 75.3 Å². The predicted molar refractivity (Wildman–Crippen MR) is 77.2 cm³/mol. The smallest absolute Gasteiger partial charge is 0.260 e. The summed E-state index contributed by atoms with van der Waals surface area (Å²) in [6.45, 7) is 1.19. The molecule has 2 fully saturated rings. The molecule has 2 aliphatic rings. The van der Waals surface area contributed by atoms with Crippen LogP contribution in [0.4, 0.5) is 0 Å². The zero-order valence-corrected chi connectivity index (χ0v) is 12.8. The van der Waals surface area contributed by atoms with Crippen LogP contribution in [0.2, 0.25) is 0 Å². The van der Waals surface area contributed by atoms with Crippen molar-refractivity contribution in [1.29, 1.82) is 0 Å². The SMILES string of the molecule is O=S(=O)(c1cnc[nH]1)N(CC1CCCO1)C1CCSC1. The molecule has 2 unspecified atom stereocenters. The lowest BCUT2D eigenvalue weighted by Gasteiger charge is -2.29. The lowest BCUT2D eigenvalue weighted by Crippen LogP contribution is -2.44. The predicted octanol–water partition coefficient (Wildman–Crippen LogP) is 1.08. The summed E-state index contributed by atoms with van der Waals surface area (Å²) in [4.78, 5) is 6.55. The van der Waals surface area contributed by atoms with Gasteiger partial charge in [0.1, 0.15) is 0 Å². The standard InChI is InChI=1S/C12H19N3O3S2/c16-20(17,12-6-13-9-14-12)15(10-3-5-19-8-10)7-11-2-1-4-18-11/h6,9-11H,1-5,7-8H2,(H,13,14). The van der Waals surface area contributed by atoms with Crippen molar-refractivity contribution in [3.8, 4) is 0 Å². The van der Waals surface area contributed by atoms with Gasteiger partial charge in [0.15, 0.2) is 5.03 Å². The zero-order valence-electron chi connectivity index (χ0n) is 11.2. The molecule has 0 aromatic carbocycles. The van der Waals surface area contributed by atoms with E-state index in [2.05, 4.69) is 9.97 Å². The van der Waals surface area contributed by atoms with Crippen molar-refractivity contribution < 1.29 is 13.2 Å². The van der Waals surface area contributed by atoms with Gasteiger partial charge in [-0.05, 0) is 25.0 Å². The van der Waals surface area contributed by atoms with E-state index < -0.39 is 10.0 Å². The molecule has 1 N–H and O–H groups in total. The Morgan fingerprint density at radius 3 is 3.00 bits per heavy atom. The first kappa shape index (κ1) is 14.4. The molecule has 0 saturated carbocycles. The lowest BCUT2D eigenvalue weighted by atomic mass is 10.2. The first-order valence-corrected chi connectivity index (χ1v) is 9.47. The van der Waals surface area contributed by atoms with Crippen LogP contribution in [-0.2, 0) is 14.8 Å². The molecule has 3 rings (SSSR count). The summed E-state index contributed by atoms with van der Waals surface area (Å²) in [5, 5.41) is 0.174. The molecular formula is C12H19N3O3S2. The van der Waals surface area contributed by atoms with Crippen LogP contribution in [0.1, 0.15) is 19.3 Å². The first-order valence-electron chi connectivity index (χ1n) is 6.87. The lowest BCUT2D eigenvalue weighted by molar-refractivity contribution is 0.0876. The van der Waals surface area contributed by atoms with Gasteiger partial charge in [-0.1, -0.05) is 0 Å². The van der Waals surface area contributed by atoms with Crippen LogP contribution in [0.5, 0.6) is 0 Å². The van der Waals surface area contributed by atoms with E-state index in [9.17, 15) is 8.42 Å². The molecule has 0 spiro atoms. The molecule has 6 nitrogen and oxygen atoms in total. The highest BCUT2D eigenvalue weighted by Gasteiger charge is 2.36. The van der Waals surface area contributed by atoms with E-state index in [1.54, 1.807) is 4.31 Å². The fourth-order valence-corrected chi connectivity index (χ4v) is 5.59. The van der Waals surface area contributed by atoms with Gasteiger partial charge in [0, 0.05) is 24.9 Å². The second-order valence-corrected chi connectivity index (χ2v) is 8.15. The largest absolute Gasteiger partial charge is 0.377 e. The molecule has 8 heteroatoms. The Kier molecular flexibility index (Phi) is 4.34.